The van der Waals surface area contributed by atoms with Crippen LogP contribution in [0.2, 0.25) is 0 Å². The summed E-state index contributed by atoms with van der Waals surface area (Å²) in [7, 11) is 0. The quantitative estimate of drug-likeness (QED) is 0.465. The summed E-state index contributed by atoms with van der Waals surface area (Å²) in [5, 5.41) is 0. The Bertz CT molecular complexity index is 1190. The molecule has 3 heterocycles. The summed E-state index contributed by atoms with van der Waals surface area (Å²) in [4.78, 5) is 8.63. The maximum absolute atomic E-state index is 14.0. The maximum Gasteiger partial charge on any atom is 0.418 e. The average molecular weight is 407 g/mol. The van der Waals surface area contributed by atoms with Crippen molar-refractivity contribution < 1.29 is 13.2 Å². The first-order valence-electron chi connectivity index (χ1n) is 10.1. The summed E-state index contributed by atoms with van der Waals surface area (Å²) in [5.41, 5.74) is 2.26. The smallest absolute Gasteiger partial charge is 0.316 e. The van der Waals surface area contributed by atoms with Gasteiger partial charge in [-0.1, -0.05) is 44.2 Å². The van der Waals surface area contributed by atoms with Crippen LogP contribution in [0.1, 0.15) is 31.4 Å². The number of halogens is 3. The Balaban J connectivity index is 1.65. The fourth-order valence-electron chi connectivity index (χ4n) is 5.75. The number of para-hydroxylation sites is 2. The van der Waals surface area contributed by atoms with Crippen LogP contribution in [0.3, 0.4) is 0 Å². The molecule has 6 rings (SSSR count). The van der Waals surface area contributed by atoms with Crippen molar-refractivity contribution in [3.63, 3.8) is 0 Å². The van der Waals surface area contributed by atoms with Crippen molar-refractivity contribution in [1.29, 1.82) is 0 Å². The zero-order valence-electron chi connectivity index (χ0n) is 16.6. The van der Waals surface area contributed by atoms with Crippen LogP contribution in [0.4, 0.5) is 36.1 Å². The van der Waals surface area contributed by atoms with Crippen LogP contribution in [0, 0.1) is 5.41 Å². The van der Waals surface area contributed by atoms with Crippen LogP contribution in [0.5, 0.6) is 0 Å². The first-order valence-corrected chi connectivity index (χ1v) is 10.1. The highest BCUT2D eigenvalue weighted by atomic mass is 19.4. The molecule has 0 radical (unpaired) electrons. The second-order valence-electron chi connectivity index (χ2n) is 8.92. The van der Waals surface area contributed by atoms with E-state index in [1.165, 1.54) is 17.7 Å². The molecule has 3 nitrogen and oxygen atoms in total. The molecule has 3 aromatic rings. The SMILES string of the molecule is CC12CC1(C)C1N(c3ccccc3C(F)(F)F)c3cccnc3N1c1ccccc12. The van der Waals surface area contributed by atoms with Gasteiger partial charge >= 0.3 is 6.18 Å². The summed E-state index contributed by atoms with van der Waals surface area (Å²) in [6.45, 7) is 4.42. The van der Waals surface area contributed by atoms with Gasteiger partial charge in [-0.2, -0.15) is 13.2 Å². The minimum Gasteiger partial charge on any atom is -0.316 e. The number of fused-ring (bicyclic) bond motifs is 8. The monoisotopic (exact) mass is 407 g/mol. The zero-order valence-corrected chi connectivity index (χ0v) is 16.6. The van der Waals surface area contributed by atoms with E-state index in [4.69, 9.17) is 0 Å². The van der Waals surface area contributed by atoms with Gasteiger partial charge in [-0.25, -0.2) is 4.98 Å². The van der Waals surface area contributed by atoms with E-state index in [1.807, 2.05) is 23.1 Å². The minimum absolute atomic E-state index is 0.0851. The lowest BCUT2D eigenvalue weighted by atomic mass is 9.81. The normalized spacial score (nSPS) is 28.5. The van der Waals surface area contributed by atoms with Gasteiger partial charge in [0.25, 0.3) is 0 Å². The second kappa shape index (κ2) is 5.36. The Morgan fingerprint density at radius 3 is 2.30 bits per heavy atom. The van der Waals surface area contributed by atoms with E-state index in [-0.39, 0.29) is 22.7 Å². The van der Waals surface area contributed by atoms with Gasteiger partial charge in [-0.15, -0.1) is 0 Å². The molecule has 1 saturated carbocycles. The minimum atomic E-state index is -4.44. The van der Waals surface area contributed by atoms with E-state index in [1.54, 1.807) is 24.4 Å². The summed E-state index contributed by atoms with van der Waals surface area (Å²) in [6.07, 6.45) is -2.09. The van der Waals surface area contributed by atoms with Crippen molar-refractivity contribution in [1.82, 2.24) is 4.98 Å². The lowest BCUT2D eigenvalue weighted by molar-refractivity contribution is -0.137. The van der Waals surface area contributed by atoms with Gasteiger partial charge in [0.1, 0.15) is 6.17 Å². The molecular formula is C24H20F3N3. The van der Waals surface area contributed by atoms with Crippen molar-refractivity contribution in [3.8, 4) is 0 Å². The molecule has 0 amide bonds. The predicted molar refractivity (Wildman–Crippen MR) is 110 cm³/mol. The number of hydrogen-bond donors (Lipinski definition) is 0. The first-order chi connectivity index (χ1) is 14.3. The lowest BCUT2D eigenvalue weighted by Gasteiger charge is -2.44. The molecule has 3 aliphatic rings. The number of aromatic nitrogens is 1. The zero-order chi connectivity index (χ0) is 20.9. The van der Waals surface area contributed by atoms with Gasteiger partial charge in [0.15, 0.2) is 5.82 Å². The van der Waals surface area contributed by atoms with Crippen LogP contribution in [-0.2, 0) is 11.6 Å². The fraction of sp³-hybridized carbons (Fsp3) is 0.292. The molecular weight excluding hydrogens is 387 g/mol. The Morgan fingerprint density at radius 2 is 1.53 bits per heavy atom. The summed E-state index contributed by atoms with van der Waals surface area (Å²) in [6, 6.07) is 17.8. The molecule has 30 heavy (non-hydrogen) atoms. The molecule has 3 unspecified atom stereocenters. The van der Waals surface area contributed by atoms with Gasteiger partial charge in [-0.05, 0) is 42.3 Å². The van der Waals surface area contributed by atoms with Crippen LogP contribution < -0.4 is 9.80 Å². The van der Waals surface area contributed by atoms with Crippen molar-refractivity contribution in [3.05, 3.63) is 78.0 Å². The van der Waals surface area contributed by atoms with E-state index >= 15 is 0 Å². The van der Waals surface area contributed by atoms with Crippen molar-refractivity contribution in [2.24, 2.45) is 5.41 Å². The van der Waals surface area contributed by atoms with Gasteiger partial charge in [-0.3, -0.25) is 0 Å². The molecule has 0 N–H and O–H groups in total. The Kier molecular flexibility index (Phi) is 3.18. The number of benzene rings is 2. The van der Waals surface area contributed by atoms with Gasteiger partial charge in [0, 0.05) is 22.7 Å². The van der Waals surface area contributed by atoms with Crippen molar-refractivity contribution in [2.45, 2.75) is 38.0 Å². The Labute approximate surface area is 172 Å². The number of anilines is 4. The molecule has 2 aromatic carbocycles. The number of alkyl halides is 3. The third-order valence-corrected chi connectivity index (χ3v) is 7.40. The van der Waals surface area contributed by atoms with E-state index < -0.39 is 11.7 Å². The lowest BCUT2D eigenvalue weighted by Crippen LogP contribution is -2.50. The largest absolute Gasteiger partial charge is 0.418 e. The van der Waals surface area contributed by atoms with E-state index in [0.29, 0.717) is 11.5 Å². The second-order valence-corrected chi connectivity index (χ2v) is 8.92. The van der Waals surface area contributed by atoms with Gasteiger partial charge in [0.05, 0.1) is 16.9 Å². The van der Waals surface area contributed by atoms with Gasteiger partial charge < -0.3 is 9.80 Å². The highest BCUT2D eigenvalue weighted by Crippen LogP contribution is 2.75. The highest BCUT2D eigenvalue weighted by Gasteiger charge is 2.73. The average Bonchev–Trinajstić information content (AvgIpc) is 3.15. The Hall–Kier alpha value is -3.02. The predicted octanol–water partition coefficient (Wildman–Crippen LogP) is 6.40. The molecule has 152 valence electrons. The number of pyridine rings is 1. The molecule has 2 aliphatic heterocycles. The van der Waals surface area contributed by atoms with Crippen molar-refractivity contribution >= 4 is 22.9 Å². The third-order valence-electron chi connectivity index (χ3n) is 7.40. The third kappa shape index (κ3) is 1.99. The van der Waals surface area contributed by atoms with Gasteiger partial charge in [0.2, 0.25) is 0 Å². The fourth-order valence-corrected chi connectivity index (χ4v) is 5.75. The molecule has 0 saturated heterocycles. The first kappa shape index (κ1) is 17.8. The van der Waals surface area contributed by atoms with Crippen LogP contribution in [-0.4, -0.2) is 11.1 Å². The van der Waals surface area contributed by atoms with E-state index in [0.717, 1.165) is 12.1 Å². The molecule has 3 atom stereocenters. The molecule has 0 spiro atoms. The summed E-state index contributed by atoms with van der Waals surface area (Å²) < 4.78 is 41.9. The molecule has 1 aliphatic carbocycles. The maximum atomic E-state index is 14.0. The van der Waals surface area contributed by atoms with Crippen LogP contribution in [0.25, 0.3) is 0 Å². The highest BCUT2D eigenvalue weighted by molar-refractivity contribution is 5.90. The molecule has 1 fully saturated rings. The van der Waals surface area contributed by atoms with Crippen molar-refractivity contribution in [2.75, 3.05) is 9.80 Å². The number of hydrogen-bond acceptors (Lipinski definition) is 3. The topological polar surface area (TPSA) is 19.4 Å². The molecule has 6 heteroatoms. The molecule has 0 bridgehead atoms. The number of nitrogens with zero attached hydrogens (tertiary/aromatic N) is 3. The Morgan fingerprint density at radius 1 is 0.867 bits per heavy atom. The van der Waals surface area contributed by atoms with E-state index in [9.17, 15) is 13.2 Å². The van der Waals surface area contributed by atoms with Crippen LogP contribution >= 0.6 is 0 Å². The number of rotatable bonds is 1. The molecule has 1 aromatic heterocycles. The summed E-state index contributed by atoms with van der Waals surface area (Å²) >= 11 is 0. The van der Waals surface area contributed by atoms with Crippen LogP contribution in [0.15, 0.2) is 66.9 Å². The van der Waals surface area contributed by atoms with E-state index in [2.05, 4.69) is 35.9 Å². The standard InChI is InChI=1S/C24H20F3N3/c1-22-14-23(22,2)21-29(18-11-6-4-9-16(18)24(25,26)27)19-12-7-13-28-20(19)30(21)17-10-5-3-8-15(17)22/h3-13,21H,14H2,1-2H3. The summed E-state index contributed by atoms with van der Waals surface area (Å²) in [5.74, 6) is 0.710.